The zero-order valence-corrected chi connectivity index (χ0v) is 13.8. The van der Waals surface area contributed by atoms with Crippen LogP contribution in [0.1, 0.15) is 16.7 Å². The first-order valence-corrected chi connectivity index (χ1v) is 8.10. The quantitative estimate of drug-likeness (QED) is 0.554. The van der Waals surface area contributed by atoms with E-state index in [1.165, 1.54) is 9.13 Å². The molecule has 0 saturated heterocycles. The molecule has 0 spiro atoms. The molecule has 0 radical (unpaired) electrons. The summed E-state index contributed by atoms with van der Waals surface area (Å²) in [4.78, 5) is 0. The minimum absolute atomic E-state index is 0.493. The molecule has 3 rings (SSSR count). The highest BCUT2D eigenvalue weighted by Gasteiger charge is 2.23. The summed E-state index contributed by atoms with van der Waals surface area (Å²) < 4.78 is 12.9. The van der Waals surface area contributed by atoms with Gasteiger partial charge in [0, 0.05) is 21.4 Å². The van der Waals surface area contributed by atoms with Crippen molar-refractivity contribution in [2.24, 2.45) is 0 Å². The number of rotatable bonds is 4. The zero-order chi connectivity index (χ0) is 13.9. The molecule has 0 aliphatic carbocycles. The normalized spacial score (nSPS) is 12.9. The van der Waals surface area contributed by atoms with Crippen LogP contribution in [0.15, 0.2) is 36.4 Å². The van der Waals surface area contributed by atoms with Crippen LogP contribution in [0.3, 0.4) is 0 Å². The fourth-order valence-corrected chi connectivity index (χ4v) is 3.60. The van der Waals surface area contributed by atoms with Crippen LogP contribution in [-0.4, -0.2) is 6.61 Å². The average molecular weight is 401 g/mol. The van der Waals surface area contributed by atoms with Crippen molar-refractivity contribution in [3.8, 4) is 11.5 Å². The lowest BCUT2D eigenvalue weighted by Crippen LogP contribution is -1.99. The first-order valence-electron chi connectivity index (χ1n) is 6.49. The van der Waals surface area contributed by atoms with Crippen molar-refractivity contribution >= 4 is 34.2 Å². The van der Waals surface area contributed by atoms with Gasteiger partial charge in [0.15, 0.2) is 11.5 Å². The molecule has 0 aromatic heterocycles. The van der Waals surface area contributed by atoms with Gasteiger partial charge in [-0.15, -0.1) is 11.6 Å². The summed E-state index contributed by atoms with van der Waals surface area (Å²) in [6.07, 6.45) is 0.931. The summed E-state index contributed by atoms with van der Waals surface area (Å²) >= 11 is 8.37. The molecule has 0 N–H and O–H groups in total. The van der Waals surface area contributed by atoms with Gasteiger partial charge in [0.2, 0.25) is 0 Å². The van der Waals surface area contributed by atoms with Crippen molar-refractivity contribution in [3.05, 3.63) is 56.7 Å². The molecule has 1 aliphatic rings. The van der Waals surface area contributed by atoms with E-state index < -0.39 is 0 Å². The molecule has 2 aromatic carbocycles. The Labute approximate surface area is 137 Å². The maximum absolute atomic E-state index is 6.02. The summed E-state index contributed by atoms with van der Waals surface area (Å²) in [5.41, 5.74) is 3.48. The van der Waals surface area contributed by atoms with Gasteiger partial charge in [-0.25, -0.2) is 0 Å². The van der Waals surface area contributed by atoms with Crippen molar-refractivity contribution in [2.75, 3.05) is 6.61 Å². The maximum Gasteiger partial charge on any atom is 0.165 e. The van der Waals surface area contributed by atoms with Gasteiger partial charge in [-0.1, -0.05) is 30.3 Å². The van der Waals surface area contributed by atoms with E-state index in [9.17, 15) is 0 Å². The van der Waals surface area contributed by atoms with E-state index in [4.69, 9.17) is 21.1 Å². The number of ether oxygens (including phenoxy) is 2. The molecule has 1 aliphatic heterocycles. The highest BCUT2D eigenvalue weighted by molar-refractivity contribution is 14.1. The van der Waals surface area contributed by atoms with Crippen LogP contribution in [-0.2, 0) is 18.9 Å². The third-order valence-corrected chi connectivity index (χ3v) is 4.96. The zero-order valence-electron chi connectivity index (χ0n) is 10.9. The van der Waals surface area contributed by atoms with Crippen LogP contribution in [0, 0.1) is 3.57 Å². The van der Waals surface area contributed by atoms with Crippen LogP contribution in [0.2, 0.25) is 0 Å². The minimum atomic E-state index is 0.493. The van der Waals surface area contributed by atoms with E-state index in [1.54, 1.807) is 0 Å². The third-order valence-electron chi connectivity index (χ3n) is 3.33. The molecule has 0 atom stereocenters. The van der Waals surface area contributed by atoms with E-state index in [-0.39, 0.29) is 0 Å². The molecular weight excluding hydrogens is 387 g/mol. The molecule has 0 fully saturated rings. The predicted octanol–water partition coefficient (Wildman–Crippen LogP) is 4.54. The van der Waals surface area contributed by atoms with Crippen molar-refractivity contribution in [1.82, 2.24) is 0 Å². The smallest absolute Gasteiger partial charge is 0.165 e. The second-order valence-electron chi connectivity index (χ2n) is 4.66. The SMILES string of the molecule is ClCc1cc(OCc2ccccc2)c2c(c1I)CCO2. The van der Waals surface area contributed by atoms with Crippen LogP contribution >= 0.6 is 34.2 Å². The van der Waals surface area contributed by atoms with Gasteiger partial charge >= 0.3 is 0 Å². The molecule has 0 amide bonds. The highest BCUT2D eigenvalue weighted by Crippen LogP contribution is 2.41. The number of hydrogen-bond acceptors (Lipinski definition) is 2. The Hall–Kier alpha value is -0.940. The van der Waals surface area contributed by atoms with E-state index in [0.29, 0.717) is 12.5 Å². The molecular formula is C16H14ClIO2. The molecule has 2 aromatic rings. The van der Waals surface area contributed by atoms with Crippen LogP contribution in [0.4, 0.5) is 0 Å². The number of fused-ring (bicyclic) bond motifs is 1. The standard InChI is InChI=1S/C16H14ClIO2/c17-9-12-8-14(16-13(15(12)18)6-7-19-16)20-10-11-4-2-1-3-5-11/h1-5,8H,6-7,9-10H2. The first kappa shape index (κ1) is 14.0. The lowest BCUT2D eigenvalue weighted by atomic mass is 10.1. The predicted molar refractivity (Wildman–Crippen MR) is 88.7 cm³/mol. The first-order chi connectivity index (χ1) is 9.79. The molecule has 0 saturated carbocycles. The Morgan fingerprint density at radius 2 is 2.05 bits per heavy atom. The summed E-state index contributed by atoms with van der Waals surface area (Å²) in [6, 6.07) is 12.1. The molecule has 0 bridgehead atoms. The molecule has 104 valence electrons. The Morgan fingerprint density at radius 3 is 2.80 bits per heavy atom. The number of halogens is 2. The average Bonchev–Trinajstić information content (AvgIpc) is 2.98. The Balaban J connectivity index is 1.88. The lowest BCUT2D eigenvalue weighted by molar-refractivity contribution is 0.277. The largest absolute Gasteiger partial charge is 0.489 e. The van der Waals surface area contributed by atoms with Crippen LogP contribution < -0.4 is 9.47 Å². The Kier molecular flexibility index (Phi) is 4.36. The van der Waals surface area contributed by atoms with Gasteiger partial charge in [0.25, 0.3) is 0 Å². The monoisotopic (exact) mass is 400 g/mol. The second-order valence-corrected chi connectivity index (χ2v) is 6.01. The molecule has 1 heterocycles. The van der Waals surface area contributed by atoms with Crippen LogP contribution in [0.5, 0.6) is 11.5 Å². The third kappa shape index (κ3) is 2.74. The lowest BCUT2D eigenvalue weighted by Gasteiger charge is -2.14. The van der Waals surface area contributed by atoms with Gasteiger partial charge in [-0.2, -0.15) is 0 Å². The van der Waals surface area contributed by atoms with Crippen molar-refractivity contribution in [3.63, 3.8) is 0 Å². The Bertz CT molecular complexity index is 614. The summed E-state index contributed by atoms with van der Waals surface area (Å²) in [5.74, 6) is 2.18. The summed E-state index contributed by atoms with van der Waals surface area (Å²) in [5, 5.41) is 0. The van der Waals surface area contributed by atoms with Gasteiger partial charge in [0.05, 0.1) is 6.61 Å². The topological polar surface area (TPSA) is 18.5 Å². The van der Waals surface area contributed by atoms with Crippen molar-refractivity contribution in [1.29, 1.82) is 0 Å². The number of benzene rings is 2. The van der Waals surface area contributed by atoms with E-state index >= 15 is 0 Å². The summed E-state index contributed by atoms with van der Waals surface area (Å²) in [6.45, 7) is 1.26. The minimum Gasteiger partial charge on any atom is -0.489 e. The fourth-order valence-electron chi connectivity index (χ4n) is 2.31. The Morgan fingerprint density at radius 1 is 1.25 bits per heavy atom. The highest BCUT2D eigenvalue weighted by atomic mass is 127. The van der Waals surface area contributed by atoms with Crippen LogP contribution in [0.25, 0.3) is 0 Å². The summed E-state index contributed by atoms with van der Waals surface area (Å²) in [7, 11) is 0. The maximum atomic E-state index is 6.02. The van der Waals surface area contributed by atoms with Gasteiger partial charge in [-0.05, 0) is 39.8 Å². The number of hydrogen-bond donors (Lipinski definition) is 0. The van der Waals surface area contributed by atoms with E-state index in [0.717, 1.165) is 35.7 Å². The van der Waals surface area contributed by atoms with E-state index in [1.807, 2.05) is 24.3 Å². The van der Waals surface area contributed by atoms with Gasteiger partial charge < -0.3 is 9.47 Å². The fraction of sp³-hybridized carbons (Fsp3) is 0.250. The molecule has 20 heavy (non-hydrogen) atoms. The molecule has 2 nitrogen and oxygen atoms in total. The van der Waals surface area contributed by atoms with Crippen molar-refractivity contribution in [2.45, 2.75) is 18.9 Å². The molecule has 4 heteroatoms. The van der Waals surface area contributed by atoms with Crippen molar-refractivity contribution < 1.29 is 9.47 Å². The second kappa shape index (κ2) is 6.22. The van der Waals surface area contributed by atoms with Gasteiger partial charge in [0.1, 0.15) is 6.61 Å². The number of alkyl halides is 1. The molecule has 0 unspecified atom stereocenters. The van der Waals surface area contributed by atoms with E-state index in [2.05, 4.69) is 34.7 Å². The van der Waals surface area contributed by atoms with Gasteiger partial charge in [-0.3, -0.25) is 0 Å².